The second-order valence-electron chi connectivity index (χ2n) is 7.16. The standard InChI is InChI=1S/C22H22N4O4S/c1-12-18(21(28)30-5)19(14-6-8-16(29-4)9-7-14)26-20(27)17(31-22(26)24-12)10-15-11-23-25(3)13(15)2/h6-11,19H,1-5H3/t19-/m1/s1. The minimum Gasteiger partial charge on any atom is -0.497 e. The zero-order valence-electron chi connectivity index (χ0n) is 17.9. The fourth-order valence-corrected chi connectivity index (χ4v) is 4.63. The Balaban J connectivity index is 1.97. The number of esters is 1. The van der Waals surface area contributed by atoms with Crippen molar-refractivity contribution in [2.45, 2.75) is 19.9 Å². The Labute approximate surface area is 182 Å². The smallest absolute Gasteiger partial charge is 0.338 e. The number of aryl methyl sites for hydroxylation is 1. The fourth-order valence-electron chi connectivity index (χ4n) is 3.59. The largest absolute Gasteiger partial charge is 0.497 e. The van der Waals surface area contributed by atoms with Crippen LogP contribution in [-0.4, -0.2) is 34.5 Å². The SMILES string of the molecule is COC(=O)C1=C(C)N=c2sc(=Cc3cnn(C)c3C)c(=O)n2[C@@H]1c1ccc(OC)cc1. The monoisotopic (exact) mass is 438 g/mol. The second kappa shape index (κ2) is 7.99. The van der Waals surface area contributed by atoms with Gasteiger partial charge in [0.2, 0.25) is 0 Å². The van der Waals surface area contributed by atoms with Crippen LogP contribution in [0.2, 0.25) is 0 Å². The van der Waals surface area contributed by atoms with Crippen LogP contribution in [0.4, 0.5) is 0 Å². The van der Waals surface area contributed by atoms with E-state index in [0.717, 1.165) is 16.8 Å². The van der Waals surface area contributed by atoms with Gasteiger partial charge in [-0.15, -0.1) is 0 Å². The van der Waals surface area contributed by atoms with Gasteiger partial charge in [-0.05, 0) is 37.6 Å². The van der Waals surface area contributed by atoms with E-state index in [1.807, 2.05) is 32.2 Å². The van der Waals surface area contributed by atoms with Crippen molar-refractivity contribution in [3.05, 3.63) is 78.2 Å². The predicted octanol–water partition coefficient (Wildman–Crippen LogP) is 1.46. The van der Waals surface area contributed by atoms with Crippen molar-refractivity contribution >= 4 is 23.4 Å². The number of carbonyl (C=O) groups is 1. The van der Waals surface area contributed by atoms with Gasteiger partial charge in [-0.1, -0.05) is 23.5 Å². The first kappa shape index (κ1) is 20.8. The number of nitrogens with zero attached hydrogens (tertiary/aromatic N) is 4. The minimum absolute atomic E-state index is 0.221. The summed E-state index contributed by atoms with van der Waals surface area (Å²) < 4.78 is 14.1. The number of benzene rings is 1. The summed E-state index contributed by atoms with van der Waals surface area (Å²) in [7, 11) is 4.76. The van der Waals surface area contributed by atoms with Crippen LogP contribution < -0.4 is 19.6 Å². The Morgan fingerprint density at radius 2 is 1.90 bits per heavy atom. The minimum atomic E-state index is -0.647. The Bertz CT molecular complexity index is 1380. The van der Waals surface area contributed by atoms with Crippen molar-refractivity contribution < 1.29 is 14.3 Å². The molecule has 1 aromatic carbocycles. The molecule has 8 nitrogen and oxygen atoms in total. The number of hydrogen-bond donors (Lipinski definition) is 0. The van der Waals surface area contributed by atoms with Gasteiger partial charge in [0.15, 0.2) is 4.80 Å². The Morgan fingerprint density at radius 3 is 2.48 bits per heavy atom. The molecule has 1 aliphatic rings. The van der Waals surface area contributed by atoms with Crippen LogP contribution in [0.1, 0.15) is 29.8 Å². The van der Waals surface area contributed by atoms with Gasteiger partial charge in [0, 0.05) is 18.3 Å². The summed E-state index contributed by atoms with van der Waals surface area (Å²) >= 11 is 1.29. The van der Waals surface area contributed by atoms with Gasteiger partial charge in [-0.3, -0.25) is 14.0 Å². The number of rotatable bonds is 4. The van der Waals surface area contributed by atoms with E-state index in [-0.39, 0.29) is 5.56 Å². The maximum absolute atomic E-state index is 13.5. The molecule has 0 saturated carbocycles. The maximum Gasteiger partial charge on any atom is 0.338 e. The van der Waals surface area contributed by atoms with Crippen LogP contribution >= 0.6 is 11.3 Å². The third-order valence-corrected chi connectivity index (χ3v) is 6.40. The third kappa shape index (κ3) is 3.50. The zero-order chi connectivity index (χ0) is 22.3. The maximum atomic E-state index is 13.5. The van der Waals surface area contributed by atoms with E-state index in [1.54, 1.807) is 41.6 Å². The summed E-state index contributed by atoms with van der Waals surface area (Å²) in [5.41, 5.74) is 3.21. The molecule has 0 saturated heterocycles. The molecule has 31 heavy (non-hydrogen) atoms. The van der Waals surface area contributed by atoms with Crippen LogP contribution in [0.15, 0.2) is 51.5 Å². The van der Waals surface area contributed by atoms with E-state index in [4.69, 9.17) is 9.47 Å². The number of fused-ring (bicyclic) bond motifs is 1. The predicted molar refractivity (Wildman–Crippen MR) is 117 cm³/mol. The lowest BCUT2D eigenvalue weighted by molar-refractivity contribution is -0.136. The quantitative estimate of drug-likeness (QED) is 0.576. The third-order valence-electron chi connectivity index (χ3n) is 5.42. The van der Waals surface area contributed by atoms with Crippen molar-refractivity contribution in [2.75, 3.05) is 14.2 Å². The van der Waals surface area contributed by atoms with E-state index in [1.165, 1.54) is 18.4 Å². The van der Waals surface area contributed by atoms with Crippen LogP contribution in [0.3, 0.4) is 0 Å². The van der Waals surface area contributed by atoms with Crippen molar-refractivity contribution in [1.29, 1.82) is 0 Å². The highest BCUT2D eigenvalue weighted by Crippen LogP contribution is 2.31. The van der Waals surface area contributed by atoms with Crippen LogP contribution in [0, 0.1) is 6.92 Å². The van der Waals surface area contributed by atoms with Gasteiger partial charge in [-0.25, -0.2) is 9.79 Å². The molecule has 0 radical (unpaired) electrons. The molecule has 0 amide bonds. The normalized spacial score (nSPS) is 16.2. The van der Waals surface area contributed by atoms with E-state index in [0.29, 0.717) is 26.4 Å². The van der Waals surface area contributed by atoms with E-state index in [9.17, 15) is 9.59 Å². The molecule has 0 N–H and O–H groups in total. The van der Waals surface area contributed by atoms with Crippen LogP contribution in [0.25, 0.3) is 6.08 Å². The molecule has 0 fully saturated rings. The van der Waals surface area contributed by atoms with Crippen molar-refractivity contribution in [1.82, 2.24) is 14.3 Å². The lowest BCUT2D eigenvalue weighted by Gasteiger charge is -2.24. The molecule has 9 heteroatoms. The molecule has 3 aromatic rings. The molecule has 0 unspecified atom stereocenters. The summed E-state index contributed by atoms with van der Waals surface area (Å²) in [6.07, 6.45) is 3.54. The average Bonchev–Trinajstić information content (AvgIpc) is 3.25. The lowest BCUT2D eigenvalue weighted by atomic mass is 9.96. The van der Waals surface area contributed by atoms with Crippen molar-refractivity contribution in [2.24, 2.45) is 12.0 Å². The number of thiazole rings is 1. The highest BCUT2D eigenvalue weighted by atomic mass is 32.1. The number of allylic oxidation sites excluding steroid dienone is 1. The van der Waals surface area contributed by atoms with E-state index in [2.05, 4.69) is 10.1 Å². The van der Waals surface area contributed by atoms with Crippen molar-refractivity contribution in [3.8, 4) is 5.75 Å². The number of carbonyl (C=O) groups excluding carboxylic acids is 1. The zero-order valence-corrected chi connectivity index (χ0v) is 18.7. The van der Waals surface area contributed by atoms with Gasteiger partial charge in [0.05, 0.1) is 42.3 Å². The molecule has 3 heterocycles. The molecule has 0 spiro atoms. The molecule has 0 aliphatic carbocycles. The first-order valence-electron chi connectivity index (χ1n) is 9.59. The van der Waals surface area contributed by atoms with Gasteiger partial charge >= 0.3 is 5.97 Å². The molecule has 1 atom stereocenters. The molecule has 0 bridgehead atoms. The number of hydrogen-bond acceptors (Lipinski definition) is 7. The summed E-state index contributed by atoms with van der Waals surface area (Å²) in [5, 5.41) is 4.24. The Morgan fingerprint density at radius 1 is 1.19 bits per heavy atom. The fraction of sp³-hybridized carbons (Fsp3) is 0.273. The van der Waals surface area contributed by atoms with E-state index < -0.39 is 12.0 Å². The molecule has 1 aliphatic heterocycles. The highest BCUT2D eigenvalue weighted by Gasteiger charge is 2.33. The molecule has 4 rings (SSSR count). The number of ether oxygens (including phenoxy) is 2. The van der Waals surface area contributed by atoms with Gasteiger partial charge in [-0.2, -0.15) is 5.10 Å². The topological polar surface area (TPSA) is 87.7 Å². The van der Waals surface area contributed by atoms with Gasteiger partial charge in [0.25, 0.3) is 5.56 Å². The van der Waals surface area contributed by atoms with Crippen LogP contribution in [-0.2, 0) is 16.6 Å². The second-order valence-corrected chi connectivity index (χ2v) is 8.16. The average molecular weight is 439 g/mol. The number of methoxy groups -OCH3 is 2. The first-order valence-corrected chi connectivity index (χ1v) is 10.4. The Hall–Kier alpha value is -3.46. The first-order chi connectivity index (χ1) is 14.8. The van der Waals surface area contributed by atoms with E-state index >= 15 is 0 Å². The summed E-state index contributed by atoms with van der Waals surface area (Å²) in [4.78, 5) is 31.2. The Kier molecular flexibility index (Phi) is 5.36. The molecule has 2 aromatic heterocycles. The molecular weight excluding hydrogens is 416 g/mol. The van der Waals surface area contributed by atoms with Gasteiger partial charge in [0.1, 0.15) is 5.75 Å². The summed E-state index contributed by atoms with van der Waals surface area (Å²) in [5.74, 6) is 0.169. The van der Waals surface area contributed by atoms with Gasteiger partial charge < -0.3 is 9.47 Å². The molecular formula is C22H22N4O4S. The van der Waals surface area contributed by atoms with Crippen molar-refractivity contribution in [3.63, 3.8) is 0 Å². The van der Waals surface area contributed by atoms with Crippen LogP contribution in [0.5, 0.6) is 5.75 Å². The number of aromatic nitrogens is 3. The lowest BCUT2D eigenvalue weighted by Crippen LogP contribution is -2.39. The summed E-state index contributed by atoms with van der Waals surface area (Å²) in [6, 6.07) is 6.64. The summed E-state index contributed by atoms with van der Waals surface area (Å²) in [6.45, 7) is 3.70. The molecule has 160 valence electrons. The highest BCUT2D eigenvalue weighted by molar-refractivity contribution is 7.07.